The Kier molecular flexibility index (Phi) is 7.09. The van der Waals surface area contributed by atoms with Crippen molar-refractivity contribution in [1.29, 1.82) is 0 Å². The van der Waals surface area contributed by atoms with E-state index in [9.17, 15) is 13.2 Å². The summed E-state index contributed by atoms with van der Waals surface area (Å²) in [5, 5.41) is 8.98. The van der Waals surface area contributed by atoms with Gasteiger partial charge in [-0.3, -0.25) is 0 Å². The molecule has 2 aromatic heterocycles. The number of nitrogens with zero attached hydrogens (tertiary/aromatic N) is 3. The number of H-pyrrole nitrogens is 1. The second-order valence-electron chi connectivity index (χ2n) is 9.95. The van der Waals surface area contributed by atoms with Crippen molar-refractivity contribution < 1.29 is 27.1 Å². The molecule has 0 aliphatic carbocycles. The first kappa shape index (κ1) is 26.1. The maximum absolute atomic E-state index is 13.7. The van der Waals surface area contributed by atoms with Gasteiger partial charge in [0.2, 0.25) is 11.8 Å². The van der Waals surface area contributed by atoms with Crippen LogP contribution in [0.4, 0.5) is 13.2 Å². The van der Waals surface area contributed by atoms with Crippen molar-refractivity contribution in [3.8, 4) is 34.2 Å². The highest BCUT2D eigenvalue weighted by atomic mass is 19.4. The number of ether oxygens (including phenoxy) is 2. The van der Waals surface area contributed by atoms with Crippen LogP contribution < -0.4 is 9.47 Å². The first-order chi connectivity index (χ1) is 18.2. The van der Waals surface area contributed by atoms with Crippen LogP contribution in [0.15, 0.2) is 40.8 Å². The maximum atomic E-state index is 13.7. The van der Waals surface area contributed by atoms with E-state index in [1.165, 1.54) is 14.2 Å². The van der Waals surface area contributed by atoms with E-state index in [1.54, 1.807) is 36.4 Å². The molecule has 0 unspecified atom stereocenters. The quantitative estimate of drug-likeness (QED) is 0.292. The highest BCUT2D eigenvalue weighted by molar-refractivity contribution is 5.93. The van der Waals surface area contributed by atoms with Gasteiger partial charge in [-0.05, 0) is 81.7 Å². The molecule has 4 aromatic rings. The van der Waals surface area contributed by atoms with Crippen molar-refractivity contribution in [3.05, 3.63) is 47.9 Å². The minimum Gasteiger partial charge on any atom is -0.493 e. The average Bonchev–Trinajstić information content (AvgIpc) is 3.53. The topological polar surface area (TPSA) is 76.4 Å². The van der Waals surface area contributed by atoms with E-state index in [0.717, 1.165) is 25.9 Å². The predicted octanol–water partition coefficient (Wildman–Crippen LogP) is 6.59. The highest BCUT2D eigenvalue weighted by Crippen LogP contribution is 2.40. The Morgan fingerprint density at radius 2 is 1.71 bits per heavy atom. The van der Waals surface area contributed by atoms with Crippen LogP contribution in [-0.2, 0) is 6.42 Å². The molecule has 1 fully saturated rings. The molecule has 1 N–H and O–H groups in total. The van der Waals surface area contributed by atoms with Gasteiger partial charge in [-0.1, -0.05) is 0 Å². The van der Waals surface area contributed by atoms with Crippen LogP contribution >= 0.6 is 0 Å². The largest absolute Gasteiger partial charge is 0.493 e. The fraction of sp³-hybridized carbons (Fsp3) is 0.429. The number of halogens is 3. The summed E-state index contributed by atoms with van der Waals surface area (Å²) < 4.78 is 57.8. The van der Waals surface area contributed by atoms with Crippen LogP contribution in [-0.4, -0.2) is 59.6 Å². The molecule has 0 spiro atoms. The molecule has 2 aromatic carbocycles. The molecule has 0 bridgehead atoms. The van der Waals surface area contributed by atoms with Crippen molar-refractivity contribution in [3.63, 3.8) is 0 Å². The first-order valence-electron chi connectivity index (χ1n) is 12.7. The molecule has 1 aliphatic heterocycles. The van der Waals surface area contributed by atoms with Gasteiger partial charge in [-0.15, -0.1) is 10.2 Å². The number of hydrogen-bond acceptors (Lipinski definition) is 6. The van der Waals surface area contributed by atoms with Crippen LogP contribution in [0.5, 0.6) is 11.5 Å². The zero-order chi connectivity index (χ0) is 27.0. The maximum Gasteiger partial charge on any atom is 0.393 e. The van der Waals surface area contributed by atoms with Crippen LogP contribution in [0.1, 0.15) is 44.1 Å². The van der Waals surface area contributed by atoms with Gasteiger partial charge in [-0.2, -0.15) is 13.2 Å². The lowest BCUT2D eigenvalue weighted by Crippen LogP contribution is -2.37. The van der Waals surface area contributed by atoms with Crippen molar-refractivity contribution in [1.82, 2.24) is 20.1 Å². The molecular formula is C28H31F3N4O3. The summed E-state index contributed by atoms with van der Waals surface area (Å²) in [6, 6.07) is 10.8. The van der Waals surface area contributed by atoms with Crippen molar-refractivity contribution in [2.24, 2.45) is 0 Å². The van der Waals surface area contributed by atoms with E-state index in [4.69, 9.17) is 13.9 Å². The summed E-state index contributed by atoms with van der Waals surface area (Å²) in [7, 11) is 3.00. The lowest BCUT2D eigenvalue weighted by molar-refractivity contribution is -0.126. The summed E-state index contributed by atoms with van der Waals surface area (Å²) >= 11 is 0. The van der Waals surface area contributed by atoms with Gasteiger partial charge >= 0.3 is 6.18 Å². The summed E-state index contributed by atoms with van der Waals surface area (Å²) in [6.45, 7) is 6.31. The smallest absolute Gasteiger partial charge is 0.393 e. The summed E-state index contributed by atoms with van der Waals surface area (Å²) in [5.74, 6) is 1.99. The van der Waals surface area contributed by atoms with Crippen molar-refractivity contribution in [2.75, 3.05) is 27.3 Å². The fourth-order valence-corrected chi connectivity index (χ4v) is 5.18. The van der Waals surface area contributed by atoms with E-state index in [-0.39, 0.29) is 11.5 Å². The van der Waals surface area contributed by atoms with Gasteiger partial charge in [0.05, 0.1) is 26.3 Å². The number of alkyl halides is 3. The number of aromatic nitrogens is 3. The number of hydrogen-bond donors (Lipinski definition) is 1. The number of fused-ring (bicyclic) bond motifs is 1. The van der Waals surface area contributed by atoms with Crippen LogP contribution in [0.3, 0.4) is 0 Å². The summed E-state index contributed by atoms with van der Waals surface area (Å²) in [4.78, 5) is 5.60. The van der Waals surface area contributed by atoms with E-state index < -0.39 is 12.6 Å². The van der Waals surface area contributed by atoms with Gasteiger partial charge in [0.25, 0.3) is 0 Å². The molecule has 5 rings (SSSR count). The number of rotatable bonds is 7. The molecule has 10 heteroatoms. The minimum absolute atomic E-state index is 0.141. The van der Waals surface area contributed by atoms with Crippen molar-refractivity contribution in [2.45, 2.75) is 51.2 Å². The molecule has 1 aliphatic rings. The second kappa shape index (κ2) is 10.3. The third-order valence-corrected chi connectivity index (χ3v) is 7.25. The average molecular weight is 529 g/mol. The highest BCUT2D eigenvalue weighted by Gasteiger charge is 2.32. The molecule has 202 valence electrons. The molecule has 0 atom stereocenters. The Morgan fingerprint density at radius 1 is 1.00 bits per heavy atom. The van der Waals surface area contributed by atoms with Gasteiger partial charge in [0, 0.05) is 34.0 Å². The van der Waals surface area contributed by atoms with Crippen molar-refractivity contribution >= 4 is 10.9 Å². The van der Waals surface area contributed by atoms with Gasteiger partial charge in [0.15, 0.2) is 11.5 Å². The molecule has 1 saturated heterocycles. The summed E-state index contributed by atoms with van der Waals surface area (Å²) in [6.07, 6.45) is -3.63. The Bertz CT molecular complexity index is 1420. The Hall–Kier alpha value is -3.53. The molecule has 38 heavy (non-hydrogen) atoms. The number of likely N-dealkylation sites (tertiary alicyclic amines) is 1. The number of piperidine rings is 1. The van der Waals surface area contributed by atoms with E-state index in [1.807, 2.05) is 0 Å². The third-order valence-electron chi connectivity index (χ3n) is 7.25. The zero-order valence-corrected chi connectivity index (χ0v) is 21.9. The Balaban J connectivity index is 1.51. The molecule has 3 heterocycles. The molecule has 7 nitrogen and oxygen atoms in total. The Morgan fingerprint density at radius 3 is 2.37 bits per heavy atom. The SMILES string of the molecule is COc1ccc(-c2[nH]c3ccc(-c4nnc(C5CCN(C(C)C)CC5)o4)cc3c2CC(F)(F)F)cc1OC. The van der Waals surface area contributed by atoms with Crippen LogP contribution in [0.25, 0.3) is 33.6 Å². The number of benzene rings is 2. The fourth-order valence-electron chi connectivity index (χ4n) is 5.18. The first-order valence-corrected chi connectivity index (χ1v) is 12.7. The van der Waals surface area contributed by atoms with Crippen LogP contribution in [0, 0.1) is 0 Å². The normalized spacial score (nSPS) is 15.5. The molecule has 0 amide bonds. The summed E-state index contributed by atoms with van der Waals surface area (Å²) in [5.41, 5.74) is 2.24. The van der Waals surface area contributed by atoms with Gasteiger partial charge in [-0.25, -0.2) is 0 Å². The number of aromatic amines is 1. The molecule has 0 saturated carbocycles. The second-order valence-corrected chi connectivity index (χ2v) is 9.95. The monoisotopic (exact) mass is 528 g/mol. The number of nitrogens with one attached hydrogen (secondary N) is 1. The minimum atomic E-state index is -4.40. The van der Waals surface area contributed by atoms with E-state index in [0.29, 0.717) is 57.0 Å². The van der Waals surface area contributed by atoms with E-state index >= 15 is 0 Å². The predicted molar refractivity (Wildman–Crippen MR) is 139 cm³/mol. The standard InChI is InChI=1S/C28H31F3N4O3/c1-16(2)35-11-9-17(10-12-35)26-33-34-27(38-26)19-5-7-22-20(13-19)21(15-28(29,30)31)25(32-22)18-6-8-23(36-3)24(14-18)37-4/h5-8,13-14,16-17,32H,9-12,15H2,1-4H3. The van der Waals surface area contributed by atoms with E-state index in [2.05, 4.69) is 33.9 Å². The zero-order valence-electron chi connectivity index (χ0n) is 21.9. The van der Waals surface area contributed by atoms with Gasteiger partial charge < -0.3 is 23.8 Å². The Labute approximate surface area is 218 Å². The number of methoxy groups -OCH3 is 2. The molecule has 0 radical (unpaired) electrons. The molecular weight excluding hydrogens is 497 g/mol. The van der Waals surface area contributed by atoms with Gasteiger partial charge in [0.1, 0.15) is 0 Å². The van der Waals surface area contributed by atoms with Crippen LogP contribution in [0.2, 0.25) is 0 Å². The lowest BCUT2D eigenvalue weighted by Gasteiger charge is -2.33. The third kappa shape index (κ3) is 5.22. The lowest BCUT2D eigenvalue weighted by atomic mass is 9.96.